The first-order valence-electron chi connectivity index (χ1n) is 10.3. The maximum atomic E-state index is 13.4. The molecular weight excluding hydrogens is 418 g/mol. The second-order valence-electron chi connectivity index (χ2n) is 7.83. The summed E-state index contributed by atoms with van der Waals surface area (Å²) in [6.45, 7) is 3.86. The van der Waals surface area contributed by atoms with Gasteiger partial charge in [-0.15, -0.1) is 11.3 Å². The second kappa shape index (κ2) is 8.51. The molecule has 1 fully saturated rings. The number of para-hydroxylation sites is 1. The van der Waals surface area contributed by atoms with Crippen LogP contribution in [0.2, 0.25) is 0 Å². The van der Waals surface area contributed by atoms with Gasteiger partial charge in [0.05, 0.1) is 24.1 Å². The average molecular weight is 446 g/mol. The molecule has 1 saturated carbocycles. The highest BCUT2D eigenvalue weighted by Crippen LogP contribution is 2.35. The summed E-state index contributed by atoms with van der Waals surface area (Å²) in [5, 5.41) is 2.75. The maximum absolute atomic E-state index is 13.4. The Morgan fingerprint density at radius 2 is 1.87 bits per heavy atom. The van der Waals surface area contributed by atoms with Crippen LogP contribution in [0.3, 0.4) is 0 Å². The molecule has 1 aliphatic carbocycles. The molecule has 4 rings (SSSR count). The van der Waals surface area contributed by atoms with Crippen LogP contribution in [-0.4, -0.2) is 30.1 Å². The van der Waals surface area contributed by atoms with Gasteiger partial charge >= 0.3 is 0 Å². The second-order valence-corrected chi connectivity index (χ2v) is 10.6. The summed E-state index contributed by atoms with van der Waals surface area (Å²) in [5.41, 5.74) is 3.14. The molecule has 2 aromatic heterocycles. The van der Waals surface area contributed by atoms with Gasteiger partial charge in [-0.2, -0.15) is 0 Å². The first-order valence-corrected chi connectivity index (χ1v) is 12.8. The van der Waals surface area contributed by atoms with E-state index >= 15 is 0 Å². The molecule has 160 valence electrons. The maximum Gasteiger partial charge on any atom is 0.228 e. The van der Waals surface area contributed by atoms with Crippen LogP contribution in [0.5, 0.6) is 5.75 Å². The minimum absolute atomic E-state index is 0.152. The minimum atomic E-state index is -3.61. The van der Waals surface area contributed by atoms with E-state index in [1.165, 1.54) is 17.8 Å². The Bertz CT molecular complexity index is 1140. The van der Waals surface area contributed by atoms with Crippen molar-refractivity contribution in [1.82, 2.24) is 14.5 Å². The minimum Gasteiger partial charge on any atom is -0.496 e. The monoisotopic (exact) mass is 445 g/mol. The molecule has 0 bridgehead atoms. The fraction of sp³-hybridized carbons (Fsp3) is 0.455. The van der Waals surface area contributed by atoms with Crippen molar-refractivity contribution in [2.75, 3.05) is 7.11 Å². The van der Waals surface area contributed by atoms with Crippen molar-refractivity contribution in [3.05, 3.63) is 46.7 Å². The van der Waals surface area contributed by atoms with Crippen LogP contribution in [0.1, 0.15) is 55.2 Å². The topological polar surface area (TPSA) is 74.1 Å². The fourth-order valence-corrected chi connectivity index (χ4v) is 6.65. The van der Waals surface area contributed by atoms with E-state index < -0.39 is 9.84 Å². The van der Waals surface area contributed by atoms with Crippen LogP contribution in [0.15, 0.2) is 34.8 Å². The number of hydrogen-bond acceptors (Lipinski definition) is 6. The predicted octanol–water partition coefficient (Wildman–Crippen LogP) is 5.11. The summed E-state index contributed by atoms with van der Waals surface area (Å²) in [6, 6.07) is 7.83. The van der Waals surface area contributed by atoms with Gasteiger partial charge in [-0.05, 0) is 38.8 Å². The van der Waals surface area contributed by atoms with Gasteiger partial charge in [0.15, 0.2) is 0 Å². The quantitative estimate of drug-likeness (QED) is 0.527. The molecule has 6 nitrogen and oxygen atoms in total. The summed E-state index contributed by atoms with van der Waals surface area (Å²) >= 11 is 1.43. The molecule has 0 unspecified atom stereocenters. The lowest BCUT2D eigenvalue weighted by Crippen LogP contribution is -2.20. The molecule has 0 saturated heterocycles. The van der Waals surface area contributed by atoms with Gasteiger partial charge in [-0.1, -0.05) is 31.4 Å². The van der Waals surface area contributed by atoms with Crippen molar-refractivity contribution in [3.63, 3.8) is 0 Å². The third-order valence-electron chi connectivity index (χ3n) is 5.80. The fourth-order valence-electron chi connectivity index (χ4n) is 4.16. The van der Waals surface area contributed by atoms with Crippen LogP contribution in [0, 0.1) is 13.8 Å². The van der Waals surface area contributed by atoms with Gasteiger partial charge in [0, 0.05) is 17.1 Å². The van der Waals surface area contributed by atoms with E-state index in [1.54, 1.807) is 7.11 Å². The molecule has 1 aromatic carbocycles. The number of benzene rings is 1. The zero-order valence-electron chi connectivity index (χ0n) is 17.6. The molecule has 1 aliphatic rings. The van der Waals surface area contributed by atoms with E-state index in [2.05, 4.69) is 9.97 Å². The first kappa shape index (κ1) is 21.1. The highest BCUT2D eigenvalue weighted by atomic mass is 32.2. The molecule has 0 aliphatic heterocycles. The molecule has 0 spiro atoms. The number of aryl methyl sites for hydroxylation is 1. The summed E-state index contributed by atoms with van der Waals surface area (Å²) in [4.78, 5) is 9.07. The third-order valence-corrected chi connectivity index (χ3v) is 8.24. The molecule has 2 heterocycles. The number of imidazole rings is 1. The van der Waals surface area contributed by atoms with E-state index in [-0.39, 0.29) is 17.0 Å². The average Bonchev–Trinajstić information content (AvgIpc) is 3.33. The Kier molecular flexibility index (Phi) is 5.97. The van der Waals surface area contributed by atoms with Crippen LogP contribution < -0.4 is 4.74 Å². The van der Waals surface area contributed by atoms with Crippen molar-refractivity contribution in [2.24, 2.45) is 0 Å². The number of sulfone groups is 1. The number of rotatable bonds is 6. The van der Waals surface area contributed by atoms with Crippen LogP contribution >= 0.6 is 11.3 Å². The van der Waals surface area contributed by atoms with Crippen molar-refractivity contribution in [2.45, 2.75) is 62.9 Å². The van der Waals surface area contributed by atoms with E-state index in [4.69, 9.17) is 4.74 Å². The largest absolute Gasteiger partial charge is 0.496 e. The normalized spacial score (nSPS) is 15.4. The van der Waals surface area contributed by atoms with Gasteiger partial charge < -0.3 is 9.30 Å². The summed E-state index contributed by atoms with van der Waals surface area (Å²) in [6.07, 6.45) is 5.50. The standard InChI is InChI=1S/C22H27N3O3S2/c1-15-16(2)25(18-9-5-4-6-10-18)22(23-15)30(26,27)14-17-13-29-21(24-17)19-11-7-8-12-20(19)28-3/h7-8,11-13,18H,4-6,9-10,14H2,1-3H3. The Hall–Kier alpha value is -2.19. The molecule has 0 N–H and O–H groups in total. The zero-order chi connectivity index (χ0) is 21.3. The van der Waals surface area contributed by atoms with Crippen molar-refractivity contribution >= 4 is 21.2 Å². The Labute approximate surface area is 181 Å². The van der Waals surface area contributed by atoms with Crippen molar-refractivity contribution in [3.8, 4) is 16.3 Å². The SMILES string of the molecule is COc1ccccc1-c1nc(CS(=O)(=O)c2nc(C)c(C)n2C2CCCCC2)cs1. The molecule has 0 amide bonds. The van der Waals surface area contributed by atoms with Crippen LogP contribution in [0.4, 0.5) is 0 Å². The van der Waals surface area contributed by atoms with Gasteiger partial charge in [0.2, 0.25) is 15.0 Å². The Morgan fingerprint density at radius 1 is 1.13 bits per heavy atom. The van der Waals surface area contributed by atoms with Crippen LogP contribution in [0.25, 0.3) is 10.6 Å². The van der Waals surface area contributed by atoms with E-state index in [9.17, 15) is 8.42 Å². The van der Waals surface area contributed by atoms with Gasteiger partial charge in [0.1, 0.15) is 16.5 Å². The molecule has 3 aromatic rings. The predicted molar refractivity (Wildman–Crippen MR) is 119 cm³/mol. The van der Waals surface area contributed by atoms with Gasteiger partial charge in [0.25, 0.3) is 0 Å². The Balaban J connectivity index is 1.65. The summed E-state index contributed by atoms with van der Waals surface area (Å²) < 4.78 is 34.1. The zero-order valence-corrected chi connectivity index (χ0v) is 19.2. The number of thiazole rings is 1. The highest BCUT2D eigenvalue weighted by Gasteiger charge is 2.30. The third kappa shape index (κ3) is 4.03. The smallest absolute Gasteiger partial charge is 0.228 e. The molecule has 30 heavy (non-hydrogen) atoms. The molecule has 8 heteroatoms. The molecule has 0 atom stereocenters. The highest BCUT2D eigenvalue weighted by molar-refractivity contribution is 7.90. The lowest BCUT2D eigenvalue weighted by molar-refractivity contribution is 0.329. The van der Waals surface area contributed by atoms with E-state index in [1.807, 2.05) is 48.1 Å². The lowest BCUT2D eigenvalue weighted by atomic mass is 9.95. The number of aromatic nitrogens is 3. The lowest BCUT2D eigenvalue weighted by Gasteiger charge is -2.26. The summed E-state index contributed by atoms with van der Waals surface area (Å²) in [7, 11) is -2.00. The number of ether oxygens (including phenoxy) is 1. The van der Waals surface area contributed by atoms with Crippen LogP contribution in [-0.2, 0) is 15.6 Å². The molecular formula is C22H27N3O3S2. The number of methoxy groups -OCH3 is 1. The molecule has 0 radical (unpaired) electrons. The first-order chi connectivity index (χ1) is 14.4. The Morgan fingerprint density at radius 3 is 2.60 bits per heavy atom. The van der Waals surface area contributed by atoms with Crippen molar-refractivity contribution < 1.29 is 13.2 Å². The van der Waals surface area contributed by atoms with E-state index in [0.29, 0.717) is 5.69 Å². The summed E-state index contributed by atoms with van der Waals surface area (Å²) in [5.74, 6) is 0.571. The van der Waals surface area contributed by atoms with Gasteiger partial charge in [-0.25, -0.2) is 18.4 Å². The van der Waals surface area contributed by atoms with Gasteiger partial charge in [-0.3, -0.25) is 0 Å². The number of hydrogen-bond donors (Lipinski definition) is 0. The van der Waals surface area contributed by atoms with E-state index in [0.717, 1.165) is 53.4 Å². The van der Waals surface area contributed by atoms with Crippen molar-refractivity contribution in [1.29, 1.82) is 0 Å². The number of nitrogens with zero attached hydrogens (tertiary/aromatic N) is 3.